The molecule has 0 unspecified atom stereocenters. The van der Waals surface area contributed by atoms with Crippen LogP contribution in [0.4, 0.5) is 24.5 Å². The van der Waals surface area contributed by atoms with Crippen molar-refractivity contribution in [2.24, 2.45) is 0 Å². The highest BCUT2D eigenvalue weighted by molar-refractivity contribution is 8.00. The van der Waals surface area contributed by atoms with Gasteiger partial charge in [-0.25, -0.2) is 0 Å². The lowest BCUT2D eigenvalue weighted by Crippen LogP contribution is -2.23. The Hall–Kier alpha value is -2.50. The topological polar surface area (TPSA) is 98.5 Å². The molecule has 0 bridgehead atoms. The second-order valence-corrected chi connectivity index (χ2v) is 7.42. The Morgan fingerprint density at radius 3 is 2.50 bits per heavy atom. The summed E-state index contributed by atoms with van der Waals surface area (Å²) in [6.07, 6.45) is -4.95. The van der Waals surface area contributed by atoms with Gasteiger partial charge in [0.1, 0.15) is 0 Å². The summed E-state index contributed by atoms with van der Waals surface area (Å²) in [5.41, 5.74) is -2.89. The minimum atomic E-state index is -4.95. The van der Waals surface area contributed by atoms with Crippen molar-refractivity contribution in [2.45, 2.75) is 11.1 Å². The first-order valence-electron chi connectivity index (χ1n) is 7.86. The molecule has 0 radical (unpaired) electrons. The van der Waals surface area contributed by atoms with Crippen molar-refractivity contribution in [2.75, 3.05) is 17.7 Å². The van der Waals surface area contributed by atoms with Gasteiger partial charge in [-0.15, -0.1) is 11.8 Å². The van der Waals surface area contributed by atoms with E-state index in [0.29, 0.717) is 21.0 Å². The summed E-state index contributed by atoms with van der Waals surface area (Å²) in [6, 6.07) is 6.48. The molecular formula is C17H11Cl2F3N2O5S. The van der Waals surface area contributed by atoms with Gasteiger partial charge < -0.3 is 10.1 Å². The van der Waals surface area contributed by atoms with Crippen LogP contribution in [0.5, 0.6) is 0 Å². The fourth-order valence-corrected chi connectivity index (χ4v) is 3.38. The van der Waals surface area contributed by atoms with Crippen molar-refractivity contribution in [3.63, 3.8) is 0 Å². The Morgan fingerprint density at radius 1 is 1.17 bits per heavy atom. The first-order chi connectivity index (χ1) is 14.0. The lowest BCUT2D eigenvalue weighted by atomic mass is 10.1. The molecule has 0 aliphatic heterocycles. The predicted octanol–water partition coefficient (Wildman–Crippen LogP) is 5.19. The molecule has 0 spiro atoms. The minimum absolute atomic E-state index is 0.224. The smallest absolute Gasteiger partial charge is 0.418 e. The monoisotopic (exact) mass is 482 g/mol. The van der Waals surface area contributed by atoms with Crippen LogP contribution < -0.4 is 5.32 Å². The number of carbonyl (C=O) groups is 2. The number of amides is 1. The number of alkyl halides is 3. The number of nitro groups is 1. The van der Waals surface area contributed by atoms with E-state index >= 15 is 0 Å². The summed E-state index contributed by atoms with van der Waals surface area (Å²) in [5.74, 6) is -2.09. The molecule has 7 nitrogen and oxygen atoms in total. The number of anilines is 1. The number of halogens is 5. The Bertz CT molecular complexity index is 988. The van der Waals surface area contributed by atoms with E-state index in [4.69, 9.17) is 27.9 Å². The van der Waals surface area contributed by atoms with E-state index in [-0.39, 0.29) is 5.75 Å². The van der Waals surface area contributed by atoms with Gasteiger partial charge in [0.05, 0.1) is 26.9 Å². The van der Waals surface area contributed by atoms with Crippen LogP contribution in [0.25, 0.3) is 0 Å². The van der Waals surface area contributed by atoms with Crippen LogP contribution in [0.3, 0.4) is 0 Å². The van der Waals surface area contributed by atoms with Crippen molar-refractivity contribution in [1.82, 2.24) is 0 Å². The molecule has 0 saturated carbocycles. The maximum absolute atomic E-state index is 13.1. The molecule has 2 aromatic rings. The summed E-state index contributed by atoms with van der Waals surface area (Å²) >= 11 is 12.8. The number of non-ortho nitro benzene ring substituents is 1. The van der Waals surface area contributed by atoms with E-state index in [9.17, 15) is 32.9 Å². The van der Waals surface area contributed by atoms with Crippen LogP contribution in [0.15, 0.2) is 41.3 Å². The zero-order valence-corrected chi connectivity index (χ0v) is 17.0. The standard InChI is InChI=1S/C17H11Cl2F3N2O5S/c18-9-1-3-12(19)14(5-9)30-8-16(26)29-7-15(25)23-13-4-2-10(24(27)28)6-11(13)17(20,21)22/h1-6H,7-8H2,(H,23,25). The van der Waals surface area contributed by atoms with Crippen molar-refractivity contribution in [1.29, 1.82) is 0 Å². The fraction of sp³-hybridized carbons (Fsp3) is 0.176. The SMILES string of the molecule is O=C(COC(=O)CSc1cc(Cl)ccc1Cl)Nc1ccc([N+](=O)[O-])cc1C(F)(F)F. The highest BCUT2D eigenvalue weighted by Gasteiger charge is 2.35. The number of esters is 1. The predicted molar refractivity (Wildman–Crippen MR) is 105 cm³/mol. The molecule has 0 heterocycles. The van der Waals surface area contributed by atoms with Crippen LogP contribution in [-0.4, -0.2) is 29.2 Å². The number of hydrogen-bond donors (Lipinski definition) is 1. The molecule has 0 saturated heterocycles. The Kier molecular flexibility index (Phi) is 7.93. The van der Waals surface area contributed by atoms with Crippen molar-refractivity contribution in [3.8, 4) is 0 Å². The third-order valence-corrected chi connectivity index (χ3v) is 5.10. The molecule has 0 fully saturated rings. The van der Waals surface area contributed by atoms with E-state index in [1.165, 1.54) is 12.1 Å². The molecule has 13 heteroatoms. The molecule has 0 aromatic heterocycles. The highest BCUT2D eigenvalue weighted by Crippen LogP contribution is 2.37. The van der Waals surface area contributed by atoms with E-state index in [0.717, 1.165) is 23.9 Å². The molecule has 0 aliphatic rings. The van der Waals surface area contributed by atoms with Crippen molar-refractivity contribution in [3.05, 3.63) is 62.1 Å². The molecule has 1 N–H and O–H groups in total. The molecule has 0 aliphatic carbocycles. The zero-order valence-electron chi connectivity index (χ0n) is 14.7. The number of nitro benzene ring substituents is 1. The van der Waals surface area contributed by atoms with Crippen LogP contribution in [0, 0.1) is 10.1 Å². The molecule has 30 heavy (non-hydrogen) atoms. The molecule has 1 amide bonds. The number of ether oxygens (including phenoxy) is 1. The Balaban J connectivity index is 1.95. The number of rotatable bonds is 7. The highest BCUT2D eigenvalue weighted by atomic mass is 35.5. The second-order valence-electron chi connectivity index (χ2n) is 5.56. The van der Waals surface area contributed by atoms with Crippen LogP contribution in [-0.2, 0) is 20.5 Å². The lowest BCUT2D eigenvalue weighted by molar-refractivity contribution is -0.385. The zero-order chi connectivity index (χ0) is 22.5. The molecule has 160 valence electrons. The average molecular weight is 483 g/mol. The normalized spacial score (nSPS) is 11.1. The average Bonchev–Trinajstić information content (AvgIpc) is 2.66. The van der Waals surface area contributed by atoms with E-state index in [1.807, 2.05) is 5.32 Å². The van der Waals surface area contributed by atoms with E-state index < -0.39 is 46.5 Å². The summed E-state index contributed by atoms with van der Waals surface area (Å²) in [5, 5.41) is 13.4. The first-order valence-corrected chi connectivity index (χ1v) is 9.60. The molecule has 2 rings (SSSR count). The fourth-order valence-electron chi connectivity index (χ4n) is 2.09. The molecular weight excluding hydrogens is 472 g/mol. The summed E-state index contributed by atoms with van der Waals surface area (Å²) < 4.78 is 44.0. The van der Waals surface area contributed by atoms with Gasteiger partial charge in [-0.05, 0) is 24.3 Å². The van der Waals surface area contributed by atoms with Crippen LogP contribution in [0.2, 0.25) is 10.0 Å². The summed E-state index contributed by atoms with van der Waals surface area (Å²) in [6.45, 7) is -0.850. The van der Waals surface area contributed by atoms with Gasteiger partial charge in [0.2, 0.25) is 0 Å². The Labute approximate surface area is 181 Å². The van der Waals surface area contributed by atoms with Crippen LogP contribution in [0.1, 0.15) is 5.56 Å². The number of benzene rings is 2. The van der Waals surface area contributed by atoms with Gasteiger partial charge in [0.25, 0.3) is 11.6 Å². The van der Waals surface area contributed by atoms with Gasteiger partial charge in [-0.2, -0.15) is 13.2 Å². The van der Waals surface area contributed by atoms with E-state index in [1.54, 1.807) is 6.07 Å². The van der Waals surface area contributed by atoms with Crippen LogP contribution >= 0.6 is 35.0 Å². The number of carbonyl (C=O) groups excluding carboxylic acids is 2. The number of nitrogens with zero attached hydrogens (tertiary/aromatic N) is 1. The van der Waals surface area contributed by atoms with Gasteiger partial charge in [-0.3, -0.25) is 19.7 Å². The molecule has 2 aromatic carbocycles. The number of hydrogen-bond acceptors (Lipinski definition) is 6. The molecule has 0 atom stereocenters. The van der Waals surface area contributed by atoms with Gasteiger partial charge in [0.15, 0.2) is 6.61 Å². The van der Waals surface area contributed by atoms with E-state index in [2.05, 4.69) is 0 Å². The van der Waals surface area contributed by atoms with Crippen molar-refractivity contribution < 1.29 is 32.4 Å². The summed E-state index contributed by atoms with van der Waals surface area (Å²) in [4.78, 5) is 33.8. The van der Waals surface area contributed by atoms with Crippen molar-refractivity contribution >= 4 is 58.2 Å². The maximum Gasteiger partial charge on any atom is 0.418 e. The third-order valence-electron chi connectivity index (χ3n) is 3.40. The Morgan fingerprint density at radius 2 is 1.87 bits per heavy atom. The second kappa shape index (κ2) is 10.0. The number of nitrogens with one attached hydrogen (secondary N) is 1. The van der Waals surface area contributed by atoms with Gasteiger partial charge >= 0.3 is 12.1 Å². The van der Waals surface area contributed by atoms with Gasteiger partial charge in [-0.1, -0.05) is 23.2 Å². The first kappa shape index (κ1) is 23.8. The lowest BCUT2D eigenvalue weighted by Gasteiger charge is -2.13. The maximum atomic E-state index is 13.1. The quantitative estimate of drug-likeness (QED) is 0.252. The minimum Gasteiger partial charge on any atom is -0.455 e. The number of thioether (sulfide) groups is 1. The summed E-state index contributed by atoms with van der Waals surface area (Å²) in [7, 11) is 0. The third kappa shape index (κ3) is 6.78. The van der Waals surface area contributed by atoms with Gasteiger partial charge in [0, 0.05) is 22.1 Å². The largest absolute Gasteiger partial charge is 0.455 e.